The van der Waals surface area contributed by atoms with E-state index in [-0.39, 0.29) is 5.91 Å². The van der Waals surface area contributed by atoms with Crippen molar-refractivity contribution in [2.45, 2.75) is 12.5 Å². The van der Waals surface area contributed by atoms with Gasteiger partial charge in [0, 0.05) is 3.57 Å². The molecule has 19 heavy (non-hydrogen) atoms. The van der Waals surface area contributed by atoms with Crippen molar-refractivity contribution in [3.63, 3.8) is 0 Å². The number of amides is 1. The molecule has 0 heterocycles. The smallest absolute Gasteiger partial charge is 0.241 e. The van der Waals surface area contributed by atoms with Gasteiger partial charge in [-0.05, 0) is 46.7 Å². The Morgan fingerprint density at radius 3 is 2.42 bits per heavy atom. The molecule has 0 fully saturated rings. The molecule has 0 saturated carbocycles. The highest BCUT2D eigenvalue weighted by Gasteiger charge is 2.14. The van der Waals surface area contributed by atoms with Crippen LogP contribution in [0, 0.1) is 3.57 Å². The Balaban J connectivity index is 1.99. The molecule has 2 aromatic rings. The van der Waals surface area contributed by atoms with Crippen molar-refractivity contribution >= 4 is 34.2 Å². The third-order valence-corrected chi connectivity index (χ3v) is 3.71. The average molecular weight is 366 g/mol. The van der Waals surface area contributed by atoms with Crippen LogP contribution in [0.3, 0.4) is 0 Å². The maximum absolute atomic E-state index is 12.0. The molecule has 1 amide bonds. The number of carbonyl (C=O) groups is 1. The summed E-state index contributed by atoms with van der Waals surface area (Å²) in [6.07, 6.45) is 0.538. The molecule has 2 aromatic carbocycles. The highest BCUT2D eigenvalue weighted by Crippen LogP contribution is 2.17. The fourth-order valence-corrected chi connectivity index (χ4v) is 2.27. The number of halogens is 1. The van der Waals surface area contributed by atoms with Crippen LogP contribution >= 0.6 is 22.6 Å². The van der Waals surface area contributed by atoms with Crippen LogP contribution in [0.2, 0.25) is 0 Å². The summed E-state index contributed by atoms with van der Waals surface area (Å²) in [6.45, 7) is 0. The van der Waals surface area contributed by atoms with Crippen LogP contribution in [0.25, 0.3) is 0 Å². The van der Waals surface area contributed by atoms with Crippen molar-refractivity contribution in [2.75, 3.05) is 5.32 Å². The number of nitrogens with one attached hydrogen (secondary N) is 1. The second-order valence-corrected chi connectivity index (χ2v) is 5.43. The molecule has 98 valence electrons. The minimum Gasteiger partial charge on any atom is -0.324 e. The number of anilines is 1. The first-order chi connectivity index (χ1) is 9.16. The Kier molecular flexibility index (Phi) is 4.93. The molecule has 0 radical (unpaired) electrons. The normalized spacial score (nSPS) is 11.9. The van der Waals surface area contributed by atoms with Crippen molar-refractivity contribution < 1.29 is 4.79 Å². The summed E-state index contributed by atoms with van der Waals surface area (Å²) < 4.78 is 1.00. The highest BCUT2D eigenvalue weighted by molar-refractivity contribution is 14.1. The van der Waals surface area contributed by atoms with E-state index < -0.39 is 6.04 Å². The van der Waals surface area contributed by atoms with Crippen molar-refractivity contribution in [3.8, 4) is 0 Å². The topological polar surface area (TPSA) is 55.1 Å². The van der Waals surface area contributed by atoms with Crippen molar-refractivity contribution in [1.82, 2.24) is 0 Å². The summed E-state index contributed by atoms with van der Waals surface area (Å²) in [7, 11) is 0. The van der Waals surface area contributed by atoms with Gasteiger partial charge in [-0.15, -0.1) is 0 Å². The predicted molar refractivity (Wildman–Crippen MR) is 85.9 cm³/mol. The number of hydrogen-bond donors (Lipinski definition) is 2. The van der Waals surface area contributed by atoms with E-state index in [0.717, 1.165) is 14.8 Å². The molecular formula is C15H15IN2O. The molecule has 2 rings (SSSR count). The van der Waals surface area contributed by atoms with Gasteiger partial charge in [0.25, 0.3) is 0 Å². The zero-order valence-electron chi connectivity index (χ0n) is 10.3. The lowest BCUT2D eigenvalue weighted by atomic mass is 10.1. The van der Waals surface area contributed by atoms with Gasteiger partial charge in [-0.3, -0.25) is 4.79 Å². The van der Waals surface area contributed by atoms with E-state index in [9.17, 15) is 4.79 Å². The maximum atomic E-state index is 12.0. The van der Waals surface area contributed by atoms with E-state index in [0.29, 0.717) is 6.42 Å². The van der Waals surface area contributed by atoms with Crippen LogP contribution in [0.1, 0.15) is 5.56 Å². The van der Waals surface area contributed by atoms with E-state index in [4.69, 9.17) is 5.73 Å². The Bertz CT molecular complexity index is 557. The number of para-hydroxylation sites is 1. The second-order valence-electron chi connectivity index (χ2n) is 4.27. The van der Waals surface area contributed by atoms with Gasteiger partial charge < -0.3 is 11.1 Å². The summed E-state index contributed by atoms with van der Waals surface area (Å²) in [5, 5.41) is 2.86. The minimum atomic E-state index is -0.543. The van der Waals surface area contributed by atoms with E-state index in [2.05, 4.69) is 27.9 Å². The standard InChI is InChI=1S/C15H15IN2O/c16-12-8-4-5-9-14(12)18-15(19)13(17)10-11-6-2-1-3-7-11/h1-9,13H,10,17H2,(H,18,19)/t13-/m0/s1. The van der Waals surface area contributed by atoms with Gasteiger partial charge in [-0.2, -0.15) is 0 Å². The van der Waals surface area contributed by atoms with Crippen molar-refractivity contribution in [3.05, 3.63) is 63.7 Å². The Morgan fingerprint density at radius 1 is 1.11 bits per heavy atom. The molecule has 0 aliphatic rings. The number of nitrogens with two attached hydrogens (primary N) is 1. The zero-order chi connectivity index (χ0) is 13.7. The van der Waals surface area contributed by atoms with Gasteiger partial charge in [0.05, 0.1) is 11.7 Å². The summed E-state index contributed by atoms with van der Waals surface area (Å²) >= 11 is 2.19. The number of carbonyl (C=O) groups excluding carboxylic acids is 1. The molecule has 0 aromatic heterocycles. The van der Waals surface area contributed by atoms with E-state index in [1.54, 1.807) is 0 Å². The lowest BCUT2D eigenvalue weighted by Crippen LogP contribution is -2.37. The molecule has 0 bridgehead atoms. The SMILES string of the molecule is N[C@@H](Cc1ccccc1)C(=O)Nc1ccccc1I. The molecule has 1 atom stereocenters. The largest absolute Gasteiger partial charge is 0.324 e. The van der Waals surface area contributed by atoms with E-state index in [1.165, 1.54) is 0 Å². The number of benzene rings is 2. The Morgan fingerprint density at radius 2 is 1.74 bits per heavy atom. The molecule has 0 unspecified atom stereocenters. The van der Waals surface area contributed by atoms with Gasteiger partial charge in [0.15, 0.2) is 0 Å². The van der Waals surface area contributed by atoms with Crippen LogP contribution < -0.4 is 11.1 Å². The van der Waals surface area contributed by atoms with Gasteiger partial charge >= 0.3 is 0 Å². The van der Waals surface area contributed by atoms with Crippen LogP contribution in [-0.4, -0.2) is 11.9 Å². The monoisotopic (exact) mass is 366 g/mol. The summed E-state index contributed by atoms with van der Waals surface area (Å²) in [5.74, 6) is -0.159. The number of rotatable bonds is 4. The van der Waals surface area contributed by atoms with E-state index >= 15 is 0 Å². The number of hydrogen-bond acceptors (Lipinski definition) is 2. The van der Waals surface area contributed by atoms with Gasteiger partial charge in [0.2, 0.25) is 5.91 Å². The lowest BCUT2D eigenvalue weighted by Gasteiger charge is -2.13. The molecule has 0 aliphatic heterocycles. The van der Waals surface area contributed by atoms with Gasteiger partial charge in [0.1, 0.15) is 0 Å². The highest BCUT2D eigenvalue weighted by atomic mass is 127. The van der Waals surface area contributed by atoms with Gasteiger partial charge in [-0.1, -0.05) is 42.5 Å². The lowest BCUT2D eigenvalue weighted by molar-refractivity contribution is -0.117. The van der Waals surface area contributed by atoms with Crippen molar-refractivity contribution in [1.29, 1.82) is 0 Å². The van der Waals surface area contributed by atoms with Crippen LogP contribution in [0.15, 0.2) is 54.6 Å². The Hall–Kier alpha value is -1.40. The first kappa shape index (κ1) is 14.0. The van der Waals surface area contributed by atoms with E-state index in [1.807, 2.05) is 54.6 Å². The first-order valence-electron chi connectivity index (χ1n) is 6.01. The third kappa shape index (κ3) is 4.04. The maximum Gasteiger partial charge on any atom is 0.241 e. The summed E-state index contributed by atoms with van der Waals surface area (Å²) in [5.41, 5.74) is 7.80. The van der Waals surface area contributed by atoms with Crippen LogP contribution in [-0.2, 0) is 11.2 Å². The molecular weight excluding hydrogens is 351 g/mol. The third-order valence-electron chi connectivity index (χ3n) is 2.77. The predicted octanol–water partition coefficient (Wildman–Crippen LogP) is 2.80. The first-order valence-corrected chi connectivity index (χ1v) is 7.09. The molecule has 3 nitrogen and oxygen atoms in total. The fraction of sp³-hybridized carbons (Fsp3) is 0.133. The second kappa shape index (κ2) is 6.68. The molecule has 0 spiro atoms. The van der Waals surface area contributed by atoms with Crippen LogP contribution in [0.4, 0.5) is 5.69 Å². The summed E-state index contributed by atoms with van der Waals surface area (Å²) in [4.78, 5) is 12.0. The van der Waals surface area contributed by atoms with Crippen molar-refractivity contribution in [2.24, 2.45) is 5.73 Å². The Labute approximate surface area is 126 Å². The van der Waals surface area contributed by atoms with Crippen LogP contribution in [0.5, 0.6) is 0 Å². The minimum absolute atomic E-state index is 0.159. The molecule has 0 aliphatic carbocycles. The molecule has 3 N–H and O–H groups in total. The fourth-order valence-electron chi connectivity index (χ4n) is 1.75. The molecule has 4 heteroatoms. The zero-order valence-corrected chi connectivity index (χ0v) is 12.5. The molecule has 0 saturated heterocycles. The van der Waals surface area contributed by atoms with Gasteiger partial charge in [-0.25, -0.2) is 0 Å². The summed E-state index contributed by atoms with van der Waals surface area (Å²) in [6, 6.07) is 16.9. The average Bonchev–Trinajstić information content (AvgIpc) is 2.42. The quantitative estimate of drug-likeness (QED) is 0.818.